The number of hydrogen-bond donors (Lipinski definition) is 0. The van der Waals surface area contributed by atoms with E-state index in [0.717, 1.165) is 40.4 Å². The number of halogens is 2. The Bertz CT molecular complexity index is 1010. The van der Waals surface area contributed by atoms with Gasteiger partial charge in [-0.3, -0.25) is 9.69 Å². The molecule has 130 valence electrons. The maximum atomic E-state index is 12.6. The van der Waals surface area contributed by atoms with Crippen LogP contribution in [0, 0.1) is 0 Å². The molecule has 2 aromatic rings. The minimum atomic E-state index is -0.210. The van der Waals surface area contributed by atoms with Crippen LogP contribution in [0.2, 0.25) is 10.0 Å². The fraction of sp³-hybridized carbons (Fsp3) is 0.200. The van der Waals surface area contributed by atoms with Gasteiger partial charge in [0.25, 0.3) is 0 Å². The van der Waals surface area contributed by atoms with E-state index in [9.17, 15) is 4.79 Å². The Morgan fingerprint density at radius 1 is 1.12 bits per heavy atom. The molecule has 1 atom stereocenters. The smallest absolute Gasteiger partial charge is 0.239 e. The lowest BCUT2D eigenvalue weighted by Crippen LogP contribution is -2.38. The van der Waals surface area contributed by atoms with E-state index in [1.165, 1.54) is 17.3 Å². The van der Waals surface area contributed by atoms with Crippen molar-refractivity contribution in [2.45, 2.75) is 18.9 Å². The quantitative estimate of drug-likeness (QED) is 0.647. The number of fused-ring (bicyclic) bond motifs is 3. The second kappa shape index (κ2) is 6.15. The van der Waals surface area contributed by atoms with Crippen molar-refractivity contribution in [2.24, 2.45) is 4.99 Å². The number of aliphatic imine (C=N–C) groups is 1. The van der Waals surface area contributed by atoms with Crippen LogP contribution in [-0.4, -0.2) is 21.7 Å². The highest BCUT2D eigenvalue weighted by molar-refractivity contribution is 8.15. The molecule has 2 aliphatic heterocycles. The summed E-state index contributed by atoms with van der Waals surface area (Å²) in [4.78, 5) is 19.3. The van der Waals surface area contributed by atoms with Crippen molar-refractivity contribution in [2.75, 3.05) is 5.75 Å². The summed E-state index contributed by atoms with van der Waals surface area (Å²) in [5, 5.41) is 1.94. The van der Waals surface area contributed by atoms with Crippen molar-refractivity contribution in [1.82, 2.24) is 4.90 Å². The Balaban J connectivity index is 1.75. The zero-order chi connectivity index (χ0) is 17.8. The summed E-state index contributed by atoms with van der Waals surface area (Å²) in [5.41, 5.74) is 5.53. The van der Waals surface area contributed by atoms with Gasteiger partial charge < -0.3 is 0 Å². The maximum absolute atomic E-state index is 12.6. The molecule has 3 aliphatic rings. The molecule has 0 saturated carbocycles. The first kappa shape index (κ1) is 16.4. The molecule has 26 heavy (non-hydrogen) atoms. The van der Waals surface area contributed by atoms with Crippen molar-refractivity contribution in [1.29, 1.82) is 0 Å². The molecule has 0 unspecified atom stereocenters. The van der Waals surface area contributed by atoms with Crippen LogP contribution in [0.25, 0.3) is 5.70 Å². The number of benzene rings is 2. The van der Waals surface area contributed by atoms with Gasteiger partial charge in [0.1, 0.15) is 0 Å². The number of carbonyl (C=O) groups is 1. The number of hydrogen-bond acceptors (Lipinski definition) is 3. The predicted molar refractivity (Wildman–Crippen MR) is 108 cm³/mol. The minimum absolute atomic E-state index is 0.0789. The lowest BCUT2D eigenvalue weighted by Gasteiger charge is -2.37. The third kappa shape index (κ3) is 2.43. The summed E-state index contributed by atoms with van der Waals surface area (Å²) in [6.45, 7) is 0. The van der Waals surface area contributed by atoms with Crippen LogP contribution in [-0.2, 0) is 11.2 Å². The molecule has 6 heteroatoms. The van der Waals surface area contributed by atoms with Crippen LogP contribution in [0.5, 0.6) is 0 Å². The first-order valence-corrected chi connectivity index (χ1v) is 10.2. The van der Waals surface area contributed by atoms with Gasteiger partial charge in [0, 0.05) is 15.6 Å². The van der Waals surface area contributed by atoms with Crippen LogP contribution in [0.3, 0.4) is 0 Å². The summed E-state index contributed by atoms with van der Waals surface area (Å²) >= 11 is 14.1. The van der Waals surface area contributed by atoms with E-state index in [1.54, 1.807) is 6.07 Å². The van der Waals surface area contributed by atoms with Gasteiger partial charge in [0.05, 0.1) is 17.5 Å². The van der Waals surface area contributed by atoms with Gasteiger partial charge in [-0.25, -0.2) is 4.99 Å². The zero-order valence-corrected chi connectivity index (χ0v) is 16.0. The number of carbonyl (C=O) groups excluding carboxylic acids is 1. The first-order chi connectivity index (χ1) is 12.6. The minimum Gasteiger partial charge on any atom is -0.279 e. The molecule has 5 rings (SSSR count). The van der Waals surface area contributed by atoms with Crippen LogP contribution >= 0.6 is 35.0 Å². The Labute approximate surface area is 165 Å². The Kier molecular flexibility index (Phi) is 3.89. The maximum Gasteiger partial charge on any atom is 0.239 e. The Hall–Kier alpha value is -1.75. The topological polar surface area (TPSA) is 32.7 Å². The fourth-order valence-corrected chi connectivity index (χ4v) is 5.35. The third-order valence-corrected chi connectivity index (χ3v) is 6.59. The number of aryl methyl sites for hydroxylation is 1. The summed E-state index contributed by atoms with van der Waals surface area (Å²) in [5.74, 6) is 0.498. The SMILES string of the molecule is O=C1CSC2=NC3=C(CCc4ccccc43)[C@H](c3ccc(Cl)cc3Cl)N12. The molecule has 0 radical (unpaired) electrons. The van der Waals surface area contributed by atoms with E-state index < -0.39 is 0 Å². The van der Waals surface area contributed by atoms with Crippen LogP contribution < -0.4 is 0 Å². The highest BCUT2D eigenvalue weighted by Crippen LogP contribution is 2.48. The van der Waals surface area contributed by atoms with Gasteiger partial charge in [-0.05, 0) is 41.7 Å². The molecule has 3 nitrogen and oxygen atoms in total. The van der Waals surface area contributed by atoms with Gasteiger partial charge in [0.15, 0.2) is 5.17 Å². The van der Waals surface area contributed by atoms with E-state index in [-0.39, 0.29) is 11.9 Å². The molecule has 1 fully saturated rings. The highest BCUT2D eigenvalue weighted by Gasteiger charge is 2.43. The summed E-state index contributed by atoms with van der Waals surface area (Å²) < 4.78 is 0. The van der Waals surface area contributed by atoms with Gasteiger partial charge in [0.2, 0.25) is 5.91 Å². The van der Waals surface area contributed by atoms with Gasteiger partial charge in [-0.1, -0.05) is 65.3 Å². The van der Waals surface area contributed by atoms with E-state index in [4.69, 9.17) is 28.2 Å². The van der Waals surface area contributed by atoms with Crippen molar-refractivity contribution in [3.05, 3.63) is 74.8 Å². The van der Waals surface area contributed by atoms with Crippen molar-refractivity contribution < 1.29 is 4.79 Å². The summed E-state index contributed by atoms with van der Waals surface area (Å²) in [7, 11) is 0. The predicted octanol–water partition coefficient (Wildman–Crippen LogP) is 5.34. The monoisotopic (exact) mass is 400 g/mol. The van der Waals surface area contributed by atoms with Gasteiger partial charge in [-0.2, -0.15) is 0 Å². The second-order valence-corrected chi connectivity index (χ2v) is 8.33. The molecule has 0 spiro atoms. The highest BCUT2D eigenvalue weighted by atomic mass is 35.5. The van der Waals surface area contributed by atoms with E-state index in [1.807, 2.05) is 23.1 Å². The molecule has 0 aromatic heterocycles. The molecule has 2 heterocycles. The first-order valence-electron chi connectivity index (χ1n) is 8.43. The molecular formula is C20H14Cl2N2OS. The van der Waals surface area contributed by atoms with Gasteiger partial charge >= 0.3 is 0 Å². The Morgan fingerprint density at radius 2 is 1.96 bits per heavy atom. The number of rotatable bonds is 1. The normalized spacial score (nSPS) is 21.3. The molecule has 1 aliphatic carbocycles. The Morgan fingerprint density at radius 3 is 2.81 bits per heavy atom. The molecular weight excluding hydrogens is 387 g/mol. The van der Waals surface area contributed by atoms with Crippen molar-refractivity contribution >= 4 is 51.7 Å². The lowest BCUT2D eigenvalue weighted by atomic mass is 9.82. The molecule has 1 amide bonds. The third-order valence-electron chi connectivity index (χ3n) is 5.09. The van der Waals surface area contributed by atoms with Crippen molar-refractivity contribution in [3.8, 4) is 0 Å². The van der Waals surface area contributed by atoms with E-state index >= 15 is 0 Å². The second-order valence-electron chi connectivity index (χ2n) is 6.55. The zero-order valence-electron chi connectivity index (χ0n) is 13.7. The van der Waals surface area contributed by atoms with Crippen molar-refractivity contribution in [3.63, 3.8) is 0 Å². The average Bonchev–Trinajstić information content (AvgIpc) is 3.01. The average molecular weight is 401 g/mol. The number of amides is 1. The largest absolute Gasteiger partial charge is 0.279 e. The van der Waals surface area contributed by atoms with Gasteiger partial charge in [-0.15, -0.1) is 0 Å². The summed E-state index contributed by atoms with van der Waals surface area (Å²) in [6.07, 6.45) is 1.80. The van der Waals surface area contributed by atoms with Crippen LogP contribution in [0.4, 0.5) is 0 Å². The number of thioether (sulfide) groups is 1. The molecule has 0 bridgehead atoms. The number of amidine groups is 1. The standard InChI is InChI=1S/C20H14Cl2N2OS/c21-12-6-8-14(16(22)9-12)19-15-7-5-11-3-1-2-4-13(11)18(15)23-20-24(19)17(25)10-26-20/h1-4,6,8-9,19H,5,7,10H2/t19-/m0/s1. The molecule has 2 aromatic carbocycles. The number of nitrogens with zero attached hydrogens (tertiary/aromatic N) is 2. The lowest BCUT2D eigenvalue weighted by molar-refractivity contribution is -0.125. The molecule has 0 N–H and O–H groups in total. The van der Waals surface area contributed by atoms with Crippen LogP contribution in [0.1, 0.15) is 29.2 Å². The molecule has 1 saturated heterocycles. The van der Waals surface area contributed by atoms with Crippen LogP contribution in [0.15, 0.2) is 53.0 Å². The summed E-state index contributed by atoms with van der Waals surface area (Å²) in [6, 6.07) is 13.7. The fourth-order valence-electron chi connectivity index (χ4n) is 3.94. The van der Waals surface area contributed by atoms with E-state index in [2.05, 4.69) is 18.2 Å². The van der Waals surface area contributed by atoms with E-state index in [0.29, 0.717) is 15.8 Å².